The summed E-state index contributed by atoms with van der Waals surface area (Å²) in [6.45, 7) is 5.58. The Morgan fingerprint density at radius 1 is 1.38 bits per heavy atom. The van der Waals surface area contributed by atoms with Gasteiger partial charge in [0.05, 0.1) is 0 Å². The molecule has 0 fully saturated rings. The van der Waals surface area contributed by atoms with Crippen molar-refractivity contribution < 1.29 is 0 Å². The van der Waals surface area contributed by atoms with Gasteiger partial charge in [0, 0.05) is 0 Å². The average Bonchev–Trinajstić information content (AvgIpc) is 1.81. The van der Waals surface area contributed by atoms with Gasteiger partial charge in [0.1, 0.15) is 0 Å². The van der Waals surface area contributed by atoms with E-state index in [9.17, 15) is 0 Å². The van der Waals surface area contributed by atoms with Gasteiger partial charge in [0.15, 0.2) is 0 Å². The summed E-state index contributed by atoms with van der Waals surface area (Å²) in [5.74, 6) is 0. The van der Waals surface area contributed by atoms with Crippen LogP contribution >= 0.6 is 0 Å². The molecule has 0 aromatic heterocycles. The van der Waals surface area contributed by atoms with Crippen molar-refractivity contribution >= 4 is 0 Å². The molecule has 0 aromatic rings. The molecule has 0 spiro atoms. The minimum absolute atomic E-state index is 0.963. The second-order valence-corrected chi connectivity index (χ2v) is 1.48. The van der Waals surface area contributed by atoms with E-state index in [1.165, 1.54) is 0 Å². The van der Waals surface area contributed by atoms with Crippen LogP contribution in [0.4, 0.5) is 0 Å². The van der Waals surface area contributed by atoms with Crippen molar-refractivity contribution in [3.63, 3.8) is 0 Å². The highest BCUT2D eigenvalue weighted by Gasteiger charge is 1.61. The summed E-state index contributed by atoms with van der Waals surface area (Å²) < 4.78 is 0. The van der Waals surface area contributed by atoms with E-state index in [1.54, 1.807) is 0 Å². The first-order chi connectivity index (χ1) is 3.91. The van der Waals surface area contributed by atoms with Gasteiger partial charge in [0.25, 0.3) is 0 Å². The number of hydrogen-bond donors (Lipinski definition) is 0. The molecule has 0 aromatic carbocycles. The number of rotatable bonds is 3. The SMILES string of the molecule is C=CC/C=C\C=C/C. The highest BCUT2D eigenvalue weighted by molar-refractivity contribution is 5.02. The van der Waals surface area contributed by atoms with E-state index in [1.807, 2.05) is 31.2 Å². The summed E-state index contributed by atoms with van der Waals surface area (Å²) in [5, 5.41) is 0. The summed E-state index contributed by atoms with van der Waals surface area (Å²) in [4.78, 5) is 0. The highest BCUT2D eigenvalue weighted by Crippen LogP contribution is 1.82. The zero-order valence-electron chi connectivity index (χ0n) is 5.30. The quantitative estimate of drug-likeness (QED) is 0.385. The lowest BCUT2D eigenvalue weighted by atomic mass is 10.3. The molecule has 0 heterocycles. The Morgan fingerprint density at radius 3 is 2.62 bits per heavy atom. The van der Waals surface area contributed by atoms with Gasteiger partial charge in [-0.1, -0.05) is 30.4 Å². The van der Waals surface area contributed by atoms with Crippen molar-refractivity contribution in [2.24, 2.45) is 0 Å². The average molecular weight is 108 g/mol. The molecule has 0 heteroatoms. The summed E-state index contributed by atoms with van der Waals surface area (Å²) >= 11 is 0. The minimum Gasteiger partial charge on any atom is -0.103 e. The van der Waals surface area contributed by atoms with Gasteiger partial charge in [-0.2, -0.15) is 0 Å². The first kappa shape index (κ1) is 7.22. The van der Waals surface area contributed by atoms with Crippen LogP contribution in [0.2, 0.25) is 0 Å². The molecule has 0 nitrogen and oxygen atoms in total. The molecular weight excluding hydrogens is 96.1 g/mol. The van der Waals surface area contributed by atoms with Crippen LogP contribution in [0.1, 0.15) is 13.3 Å². The van der Waals surface area contributed by atoms with Crippen LogP contribution in [0.5, 0.6) is 0 Å². The van der Waals surface area contributed by atoms with Gasteiger partial charge < -0.3 is 0 Å². The Hall–Kier alpha value is -0.780. The Labute approximate surface area is 51.2 Å². The Kier molecular flexibility index (Phi) is 5.61. The fraction of sp³-hybridized carbons (Fsp3) is 0.250. The lowest BCUT2D eigenvalue weighted by molar-refractivity contribution is 1.41. The highest BCUT2D eigenvalue weighted by atomic mass is 13.7. The lowest BCUT2D eigenvalue weighted by Crippen LogP contribution is -1.51. The fourth-order valence-corrected chi connectivity index (χ4v) is 0.364. The van der Waals surface area contributed by atoms with Crippen LogP contribution in [0, 0.1) is 0 Å². The molecule has 0 saturated carbocycles. The molecule has 0 unspecified atom stereocenters. The van der Waals surface area contributed by atoms with Gasteiger partial charge in [-0.3, -0.25) is 0 Å². The Morgan fingerprint density at radius 2 is 2.12 bits per heavy atom. The van der Waals surface area contributed by atoms with E-state index < -0.39 is 0 Å². The van der Waals surface area contributed by atoms with Crippen molar-refractivity contribution in [1.82, 2.24) is 0 Å². The zero-order chi connectivity index (χ0) is 6.24. The van der Waals surface area contributed by atoms with Crippen molar-refractivity contribution in [1.29, 1.82) is 0 Å². The van der Waals surface area contributed by atoms with Gasteiger partial charge in [-0.15, -0.1) is 6.58 Å². The molecule has 0 aliphatic heterocycles. The van der Waals surface area contributed by atoms with Crippen molar-refractivity contribution in [3.05, 3.63) is 37.0 Å². The maximum Gasteiger partial charge on any atom is -0.0169 e. The summed E-state index contributed by atoms with van der Waals surface area (Å²) in [7, 11) is 0. The molecule has 0 radical (unpaired) electrons. The third-order valence-corrected chi connectivity index (χ3v) is 0.742. The first-order valence-corrected chi connectivity index (χ1v) is 2.80. The normalized spacial score (nSPS) is 11.1. The van der Waals surface area contributed by atoms with Gasteiger partial charge in [0.2, 0.25) is 0 Å². The van der Waals surface area contributed by atoms with Crippen LogP contribution in [-0.4, -0.2) is 0 Å². The van der Waals surface area contributed by atoms with E-state index in [4.69, 9.17) is 0 Å². The smallest absolute Gasteiger partial charge is 0.0169 e. The van der Waals surface area contributed by atoms with Crippen LogP contribution in [0.15, 0.2) is 37.0 Å². The van der Waals surface area contributed by atoms with Gasteiger partial charge >= 0.3 is 0 Å². The third-order valence-electron chi connectivity index (χ3n) is 0.742. The van der Waals surface area contributed by atoms with E-state index in [-0.39, 0.29) is 0 Å². The molecule has 0 aliphatic carbocycles. The largest absolute Gasteiger partial charge is 0.103 e. The molecule has 8 heavy (non-hydrogen) atoms. The van der Waals surface area contributed by atoms with Gasteiger partial charge in [-0.25, -0.2) is 0 Å². The fourth-order valence-electron chi connectivity index (χ4n) is 0.364. The zero-order valence-corrected chi connectivity index (χ0v) is 5.30. The molecular formula is C8H12. The van der Waals surface area contributed by atoms with E-state index in [0.717, 1.165) is 6.42 Å². The van der Waals surface area contributed by atoms with Crippen LogP contribution in [-0.2, 0) is 0 Å². The molecule has 0 N–H and O–H groups in total. The van der Waals surface area contributed by atoms with Crippen LogP contribution in [0.3, 0.4) is 0 Å². The first-order valence-electron chi connectivity index (χ1n) is 2.80. The topological polar surface area (TPSA) is 0 Å². The second-order valence-electron chi connectivity index (χ2n) is 1.48. The van der Waals surface area contributed by atoms with E-state index in [2.05, 4.69) is 12.7 Å². The molecule has 44 valence electrons. The summed E-state index contributed by atoms with van der Waals surface area (Å²) in [6, 6.07) is 0. The number of allylic oxidation sites excluding steroid dienone is 5. The maximum absolute atomic E-state index is 3.58. The molecule has 0 saturated heterocycles. The predicted octanol–water partition coefficient (Wildman–Crippen LogP) is 2.69. The monoisotopic (exact) mass is 108 g/mol. The van der Waals surface area contributed by atoms with Gasteiger partial charge in [-0.05, 0) is 13.3 Å². The van der Waals surface area contributed by atoms with Crippen molar-refractivity contribution in [2.75, 3.05) is 0 Å². The molecule has 0 aliphatic rings. The lowest BCUT2D eigenvalue weighted by Gasteiger charge is -1.73. The standard InChI is InChI=1S/C8H12/c1-3-5-7-8-6-4-2/h3-4,6-8H,1,5H2,2H3/b6-4-,8-7-. The Balaban J connectivity index is 3.19. The van der Waals surface area contributed by atoms with Crippen LogP contribution < -0.4 is 0 Å². The molecule has 0 atom stereocenters. The second kappa shape index (κ2) is 6.22. The summed E-state index contributed by atoms with van der Waals surface area (Å²) in [6.07, 6.45) is 10.9. The number of hydrogen-bond acceptors (Lipinski definition) is 0. The molecule has 0 amide bonds. The maximum atomic E-state index is 3.58. The molecule has 0 bridgehead atoms. The minimum atomic E-state index is 0.963. The Bertz CT molecular complexity index is 96.6. The summed E-state index contributed by atoms with van der Waals surface area (Å²) in [5.41, 5.74) is 0. The van der Waals surface area contributed by atoms with Crippen molar-refractivity contribution in [3.8, 4) is 0 Å². The predicted molar refractivity (Wildman–Crippen MR) is 38.8 cm³/mol. The van der Waals surface area contributed by atoms with E-state index in [0.29, 0.717) is 0 Å². The third kappa shape index (κ3) is 5.22. The molecule has 0 rings (SSSR count). The van der Waals surface area contributed by atoms with Crippen molar-refractivity contribution in [2.45, 2.75) is 13.3 Å². The van der Waals surface area contributed by atoms with E-state index >= 15 is 0 Å². The van der Waals surface area contributed by atoms with Crippen LogP contribution in [0.25, 0.3) is 0 Å².